The largest absolute Gasteiger partial charge is 0.497 e. The van der Waals surface area contributed by atoms with E-state index in [1.54, 1.807) is 12.1 Å². The zero-order valence-electron chi connectivity index (χ0n) is 15.3. The number of benzene rings is 2. The van der Waals surface area contributed by atoms with Crippen LogP contribution in [-0.4, -0.2) is 32.2 Å². The molecule has 0 fully saturated rings. The second-order valence-corrected chi connectivity index (χ2v) is 9.30. The Hall–Kier alpha value is -2.45. The molecule has 0 saturated heterocycles. The van der Waals surface area contributed by atoms with E-state index in [1.807, 2.05) is 26.0 Å². The third kappa shape index (κ3) is 4.28. The lowest BCUT2D eigenvalue weighted by atomic mass is 10.1. The van der Waals surface area contributed by atoms with E-state index in [-0.39, 0.29) is 23.0 Å². The molecule has 8 heteroatoms. The molecule has 0 bridgehead atoms. The molecule has 0 aliphatic heterocycles. The van der Waals surface area contributed by atoms with Gasteiger partial charge in [0.15, 0.2) is 15.0 Å². The highest BCUT2D eigenvalue weighted by molar-refractivity contribution is 7.91. The van der Waals surface area contributed by atoms with Crippen LogP contribution in [-0.2, 0) is 14.6 Å². The number of carbonyl (C=O) groups is 1. The number of fused-ring (bicyclic) bond motifs is 1. The lowest BCUT2D eigenvalue weighted by Crippen LogP contribution is -2.17. The minimum absolute atomic E-state index is 0.137. The van der Waals surface area contributed by atoms with Gasteiger partial charge in [-0.05, 0) is 49.2 Å². The van der Waals surface area contributed by atoms with Crippen molar-refractivity contribution in [1.82, 2.24) is 4.98 Å². The average Bonchev–Trinajstić information content (AvgIpc) is 3.08. The fourth-order valence-electron chi connectivity index (χ4n) is 2.62. The van der Waals surface area contributed by atoms with Crippen LogP contribution in [0.3, 0.4) is 0 Å². The molecule has 1 N–H and O–H groups in total. The number of thiazole rings is 1. The van der Waals surface area contributed by atoms with Crippen molar-refractivity contribution in [3.05, 3.63) is 47.5 Å². The molecule has 0 radical (unpaired) electrons. The van der Waals surface area contributed by atoms with Crippen LogP contribution in [0.2, 0.25) is 0 Å². The van der Waals surface area contributed by atoms with Gasteiger partial charge in [-0.3, -0.25) is 4.79 Å². The van der Waals surface area contributed by atoms with Crippen molar-refractivity contribution in [3.8, 4) is 5.75 Å². The number of sulfone groups is 1. The monoisotopic (exact) mass is 404 g/mol. The highest BCUT2D eigenvalue weighted by atomic mass is 32.2. The summed E-state index contributed by atoms with van der Waals surface area (Å²) in [5.41, 5.74) is 2.99. The summed E-state index contributed by atoms with van der Waals surface area (Å²) in [5.74, 6) is -0.0664. The lowest BCUT2D eigenvalue weighted by Gasteiger charge is -2.06. The van der Waals surface area contributed by atoms with Gasteiger partial charge >= 0.3 is 0 Å². The van der Waals surface area contributed by atoms with Crippen molar-refractivity contribution in [2.45, 2.75) is 25.2 Å². The Kier molecular flexibility index (Phi) is 5.48. The maximum absolute atomic E-state index is 12.4. The van der Waals surface area contributed by atoms with Gasteiger partial charge in [-0.15, -0.1) is 0 Å². The van der Waals surface area contributed by atoms with Gasteiger partial charge in [-0.2, -0.15) is 0 Å². The first-order valence-corrected chi connectivity index (χ1v) is 10.8. The molecule has 1 heterocycles. The summed E-state index contributed by atoms with van der Waals surface area (Å²) < 4.78 is 30.8. The first kappa shape index (κ1) is 19.3. The number of carbonyl (C=O) groups excluding carboxylic acids is 1. The molecule has 6 nitrogen and oxygen atoms in total. The van der Waals surface area contributed by atoms with E-state index in [0.29, 0.717) is 10.9 Å². The number of hydrogen-bond donors (Lipinski definition) is 1. The van der Waals surface area contributed by atoms with E-state index < -0.39 is 9.84 Å². The number of methoxy groups -OCH3 is 1. The van der Waals surface area contributed by atoms with Crippen LogP contribution in [0.25, 0.3) is 10.2 Å². The molecule has 0 spiro atoms. The van der Waals surface area contributed by atoms with E-state index in [9.17, 15) is 13.2 Å². The maximum atomic E-state index is 12.4. The number of aromatic nitrogens is 1. The molecule has 0 aliphatic rings. The van der Waals surface area contributed by atoms with E-state index in [1.165, 1.54) is 30.6 Å². The summed E-state index contributed by atoms with van der Waals surface area (Å²) >= 11 is 1.39. The Balaban J connectivity index is 1.67. The van der Waals surface area contributed by atoms with Crippen LogP contribution < -0.4 is 10.1 Å². The fourth-order valence-corrected chi connectivity index (χ4v) is 4.89. The number of amides is 1. The molecule has 3 rings (SSSR count). The predicted octanol–water partition coefficient (Wildman–Crippen LogP) is 3.72. The first-order valence-electron chi connectivity index (χ1n) is 8.33. The summed E-state index contributed by atoms with van der Waals surface area (Å²) in [6.07, 6.45) is -0.137. The Labute approximate surface area is 162 Å². The van der Waals surface area contributed by atoms with Crippen molar-refractivity contribution >= 4 is 42.4 Å². The van der Waals surface area contributed by atoms with Crippen LogP contribution >= 0.6 is 11.3 Å². The zero-order valence-corrected chi connectivity index (χ0v) is 16.9. The van der Waals surface area contributed by atoms with Gasteiger partial charge in [-0.25, -0.2) is 13.4 Å². The molecule has 27 heavy (non-hydrogen) atoms. The van der Waals surface area contributed by atoms with Gasteiger partial charge in [0.2, 0.25) is 5.91 Å². The van der Waals surface area contributed by atoms with E-state index in [0.717, 1.165) is 21.3 Å². The Morgan fingerprint density at radius 1 is 1.11 bits per heavy atom. The normalized spacial score (nSPS) is 11.5. The second kappa shape index (κ2) is 7.66. The molecule has 0 aliphatic carbocycles. The van der Waals surface area contributed by atoms with Crippen LogP contribution in [0.5, 0.6) is 5.75 Å². The van der Waals surface area contributed by atoms with Gasteiger partial charge in [0.05, 0.1) is 28.0 Å². The number of ether oxygens (including phenoxy) is 1. The molecule has 1 amide bonds. The highest BCUT2D eigenvalue weighted by Crippen LogP contribution is 2.31. The molecule has 0 unspecified atom stereocenters. The SMILES string of the molecule is COc1ccc(S(=O)(=O)CCC(=O)Nc2nc3c(C)ccc(C)c3s2)cc1. The number of aryl methyl sites for hydroxylation is 2. The van der Waals surface area contributed by atoms with Gasteiger partial charge in [-0.1, -0.05) is 23.5 Å². The van der Waals surface area contributed by atoms with E-state index in [4.69, 9.17) is 4.74 Å². The molecule has 0 atom stereocenters. The Morgan fingerprint density at radius 2 is 1.78 bits per heavy atom. The Bertz CT molecular complexity index is 1050. The average molecular weight is 405 g/mol. The lowest BCUT2D eigenvalue weighted by molar-refractivity contribution is -0.115. The number of hydrogen-bond acceptors (Lipinski definition) is 6. The summed E-state index contributed by atoms with van der Waals surface area (Å²) in [4.78, 5) is 16.8. The second-order valence-electron chi connectivity index (χ2n) is 6.19. The molecule has 142 valence electrons. The molecular weight excluding hydrogens is 384 g/mol. The molecule has 3 aromatic rings. The first-order chi connectivity index (χ1) is 12.8. The van der Waals surface area contributed by atoms with E-state index >= 15 is 0 Å². The van der Waals surface area contributed by atoms with Crippen molar-refractivity contribution in [2.24, 2.45) is 0 Å². The van der Waals surface area contributed by atoms with Crippen LogP contribution in [0.1, 0.15) is 17.5 Å². The summed E-state index contributed by atoms with van der Waals surface area (Å²) in [6, 6.07) is 10.1. The number of rotatable bonds is 6. The minimum atomic E-state index is -3.54. The third-order valence-corrected chi connectivity index (χ3v) is 7.04. The number of nitrogens with one attached hydrogen (secondary N) is 1. The standard InChI is InChI=1S/C19H20N2O4S2/c1-12-4-5-13(2)18-17(12)21-19(26-18)20-16(22)10-11-27(23,24)15-8-6-14(25-3)7-9-15/h4-9H,10-11H2,1-3H3,(H,20,21,22). The van der Waals surface area contributed by atoms with Crippen molar-refractivity contribution in [1.29, 1.82) is 0 Å². The van der Waals surface area contributed by atoms with Gasteiger partial charge in [0.25, 0.3) is 0 Å². The summed E-state index contributed by atoms with van der Waals surface area (Å²) in [5, 5.41) is 3.19. The van der Waals surface area contributed by atoms with Crippen LogP contribution in [0, 0.1) is 13.8 Å². The maximum Gasteiger partial charge on any atom is 0.227 e. The van der Waals surface area contributed by atoms with E-state index in [2.05, 4.69) is 10.3 Å². The van der Waals surface area contributed by atoms with Gasteiger partial charge in [0, 0.05) is 6.42 Å². The third-order valence-electron chi connectivity index (χ3n) is 4.20. The van der Waals surface area contributed by atoms with Crippen LogP contribution in [0.4, 0.5) is 5.13 Å². The molecule has 1 aromatic heterocycles. The molecule has 0 saturated carbocycles. The topological polar surface area (TPSA) is 85.4 Å². The Morgan fingerprint density at radius 3 is 2.41 bits per heavy atom. The highest BCUT2D eigenvalue weighted by Gasteiger charge is 2.18. The minimum Gasteiger partial charge on any atom is -0.497 e. The number of anilines is 1. The summed E-state index contributed by atoms with van der Waals surface area (Å²) in [7, 11) is -2.03. The van der Waals surface area contributed by atoms with Gasteiger partial charge in [0.1, 0.15) is 5.75 Å². The van der Waals surface area contributed by atoms with Crippen molar-refractivity contribution in [3.63, 3.8) is 0 Å². The van der Waals surface area contributed by atoms with Crippen molar-refractivity contribution < 1.29 is 17.9 Å². The summed E-state index contributed by atoms with van der Waals surface area (Å²) in [6.45, 7) is 3.96. The number of nitrogens with zero attached hydrogens (tertiary/aromatic N) is 1. The fraction of sp³-hybridized carbons (Fsp3) is 0.263. The molecule has 2 aromatic carbocycles. The zero-order chi connectivity index (χ0) is 19.6. The quantitative estimate of drug-likeness (QED) is 0.677. The van der Waals surface area contributed by atoms with Crippen molar-refractivity contribution in [2.75, 3.05) is 18.2 Å². The molecular formula is C19H20N2O4S2. The van der Waals surface area contributed by atoms with Gasteiger partial charge < -0.3 is 10.1 Å². The predicted molar refractivity (Wildman–Crippen MR) is 107 cm³/mol. The smallest absolute Gasteiger partial charge is 0.227 e. The van der Waals surface area contributed by atoms with Crippen LogP contribution in [0.15, 0.2) is 41.3 Å².